The van der Waals surface area contributed by atoms with Gasteiger partial charge < -0.3 is 14.4 Å². The summed E-state index contributed by atoms with van der Waals surface area (Å²) in [6.45, 7) is 2.94. The van der Waals surface area contributed by atoms with E-state index in [1.807, 2.05) is 35.2 Å². The first-order valence-electron chi connectivity index (χ1n) is 9.11. The Labute approximate surface area is 148 Å². The molecule has 132 valence electrons. The van der Waals surface area contributed by atoms with E-state index in [0.29, 0.717) is 13.2 Å². The Morgan fingerprint density at radius 1 is 1.28 bits per heavy atom. The Kier molecular flexibility index (Phi) is 4.48. The van der Waals surface area contributed by atoms with Crippen LogP contribution < -0.4 is 0 Å². The van der Waals surface area contributed by atoms with Crippen LogP contribution in [-0.2, 0) is 9.47 Å². The zero-order valence-corrected chi connectivity index (χ0v) is 14.7. The highest BCUT2D eigenvalue weighted by molar-refractivity contribution is 6.07. The van der Waals surface area contributed by atoms with Gasteiger partial charge in [0.1, 0.15) is 0 Å². The fourth-order valence-corrected chi connectivity index (χ4v) is 4.54. The molecule has 0 radical (unpaired) electrons. The lowest BCUT2D eigenvalue weighted by Crippen LogP contribution is -2.58. The first-order chi connectivity index (χ1) is 12.2. The summed E-state index contributed by atoms with van der Waals surface area (Å²) >= 11 is 0. The van der Waals surface area contributed by atoms with Crippen LogP contribution in [0.3, 0.4) is 0 Å². The van der Waals surface area contributed by atoms with Crippen molar-refractivity contribution in [2.75, 3.05) is 33.4 Å². The molecule has 1 amide bonds. The number of methoxy groups -OCH3 is 1. The lowest BCUT2D eigenvalue weighted by atomic mass is 9.73. The molecule has 4 rings (SSSR count). The number of likely N-dealkylation sites (tertiary alicyclic amines) is 1. The number of fused-ring (bicyclic) bond motifs is 2. The van der Waals surface area contributed by atoms with E-state index in [1.165, 1.54) is 0 Å². The van der Waals surface area contributed by atoms with E-state index < -0.39 is 0 Å². The van der Waals surface area contributed by atoms with Crippen LogP contribution in [0.1, 0.15) is 29.6 Å². The van der Waals surface area contributed by atoms with Gasteiger partial charge in [0.15, 0.2) is 0 Å². The molecule has 0 spiro atoms. The van der Waals surface area contributed by atoms with Crippen molar-refractivity contribution in [3.8, 4) is 0 Å². The van der Waals surface area contributed by atoms with Gasteiger partial charge in [0.25, 0.3) is 5.91 Å². The average Bonchev–Trinajstić information content (AvgIpc) is 2.66. The number of carbonyl (C=O) groups is 1. The summed E-state index contributed by atoms with van der Waals surface area (Å²) in [4.78, 5) is 15.3. The Morgan fingerprint density at radius 2 is 2.12 bits per heavy atom. The lowest BCUT2D eigenvalue weighted by Gasteiger charge is -2.50. The molecular formula is C21H25NO3. The quantitative estimate of drug-likeness (QED) is 0.859. The van der Waals surface area contributed by atoms with E-state index in [4.69, 9.17) is 9.47 Å². The van der Waals surface area contributed by atoms with Gasteiger partial charge in [0, 0.05) is 37.8 Å². The summed E-state index contributed by atoms with van der Waals surface area (Å²) < 4.78 is 11.6. The van der Waals surface area contributed by atoms with Crippen molar-refractivity contribution in [3.05, 3.63) is 48.0 Å². The molecule has 0 N–H and O–H groups in total. The molecule has 2 aliphatic heterocycles. The van der Waals surface area contributed by atoms with Crippen LogP contribution in [-0.4, -0.2) is 50.3 Å². The van der Waals surface area contributed by atoms with Crippen LogP contribution in [0.25, 0.3) is 10.8 Å². The number of hydrogen-bond donors (Lipinski definition) is 0. The first-order valence-corrected chi connectivity index (χ1v) is 9.11. The minimum atomic E-state index is -0.0640. The minimum Gasteiger partial charge on any atom is -0.384 e. The minimum absolute atomic E-state index is 0.0640. The molecule has 0 bridgehead atoms. The number of amides is 1. The maximum absolute atomic E-state index is 13.3. The maximum atomic E-state index is 13.3. The Balaban J connectivity index is 1.64. The van der Waals surface area contributed by atoms with Gasteiger partial charge in [-0.1, -0.05) is 36.4 Å². The summed E-state index contributed by atoms with van der Waals surface area (Å²) in [7, 11) is 1.74. The van der Waals surface area contributed by atoms with E-state index in [-0.39, 0.29) is 17.4 Å². The van der Waals surface area contributed by atoms with Crippen LogP contribution in [0.5, 0.6) is 0 Å². The Morgan fingerprint density at radius 3 is 3.00 bits per heavy atom. The molecule has 2 aromatic rings. The third kappa shape index (κ3) is 2.94. The molecule has 2 aliphatic rings. The SMILES string of the molecule is COC[C@@]12CCCO[C@H]1CCN(C(=O)c1cccc3ccccc13)C2. The van der Waals surface area contributed by atoms with Crippen molar-refractivity contribution in [2.45, 2.75) is 25.4 Å². The molecule has 0 unspecified atom stereocenters. The highest BCUT2D eigenvalue weighted by Crippen LogP contribution is 2.41. The van der Waals surface area contributed by atoms with Gasteiger partial charge in [0.05, 0.1) is 12.7 Å². The lowest BCUT2D eigenvalue weighted by molar-refractivity contribution is -0.142. The highest BCUT2D eigenvalue weighted by atomic mass is 16.5. The second-order valence-electron chi connectivity index (χ2n) is 7.30. The van der Waals surface area contributed by atoms with Crippen molar-refractivity contribution in [1.82, 2.24) is 4.90 Å². The average molecular weight is 339 g/mol. The predicted molar refractivity (Wildman–Crippen MR) is 97.8 cm³/mol. The van der Waals surface area contributed by atoms with Gasteiger partial charge in [-0.25, -0.2) is 0 Å². The van der Waals surface area contributed by atoms with Crippen LogP contribution in [0.4, 0.5) is 0 Å². The summed E-state index contributed by atoms with van der Waals surface area (Å²) in [6.07, 6.45) is 3.19. The van der Waals surface area contributed by atoms with Crippen LogP contribution >= 0.6 is 0 Å². The molecule has 0 aliphatic carbocycles. The van der Waals surface area contributed by atoms with Crippen LogP contribution in [0.15, 0.2) is 42.5 Å². The number of carbonyl (C=O) groups excluding carboxylic acids is 1. The molecule has 2 saturated heterocycles. The van der Waals surface area contributed by atoms with Gasteiger partial charge in [-0.2, -0.15) is 0 Å². The summed E-state index contributed by atoms with van der Waals surface area (Å²) in [5.74, 6) is 0.122. The molecule has 2 heterocycles. The van der Waals surface area contributed by atoms with E-state index in [2.05, 4.69) is 12.1 Å². The molecule has 4 heteroatoms. The van der Waals surface area contributed by atoms with E-state index in [0.717, 1.165) is 48.8 Å². The number of ether oxygens (including phenoxy) is 2. The van der Waals surface area contributed by atoms with Gasteiger partial charge in [-0.15, -0.1) is 0 Å². The zero-order chi connectivity index (χ0) is 17.3. The summed E-state index contributed by atoms with van der Waals surface area (Å²) in [5.41, 5.74) is 0.728. The van der Waals surface area contributed by atoms with E-state index >= 15 is 0 Å². The summed E-state index contributed by atoms with van der Waals surface area (Å²) in [5, 5.41) is 2.13. The fourth-order valence-electron chi connectivity index (χ4n) is 4.54. The molecule has 2 aromatic carbocycles. The number of hydrogen-bond acceptors (Lipinski definition) is 3. The maximum Gasteiger partial charge on any atom is 0.254 e. The van der Waals surface area contributed by atoms with Crippen molar-refractivity contribution in [3.63, 3.8) is 0 Å². The highest BCUT2D eigenvalue weighted by Gasteiger charge is 2.47. The Hall–Kier alpha value is -1.91. The second kappa shape index (κ2) is 6.77. The third-order valence-electron chi connectivity index (χ3n) is 5.73. The van der Waals surface area contributed by atoms with Gasteiger partial charge in [-0.3, -0.25) is 4.79 Å². The zero-order valence-electron chi connectivity index (χ0n) is 14.7. The van der Waals surface area contributed by atoms with Gasteiger partial charge >= 0.3 is 0 Å². The predicted octanol–water partition coefficient (Wildman–Crippen LogP) is 3.50. The molecule has 0 aromatic heterocycles. The summed E-state index contributed by atoms with van der Waals surface area (Å²) in [6, 6.07) is 14.1. The van der Waals surface area contributed by atoms with Crippen LogP contribution in [0, 0.1) is 5.41 Å². The van der Waals surface area contributed by atoms with Crippen molar-refractivity contribution in [1.29, 1.82) is 0 Å². The Bertz CT molecular complexity index is 765. The van der Waals surface area contributed by atoms with E-state index in [1.54, 1.807) is 7.11 Å². The van der Waals surface area contributed by atoms with Crippen molar-refractivity contribution < 1.29 is 14.3 Å². The smallest absolute Gasteiger partial charge is 0.254 e. The number of piperidine rings is 1. The molecule has 25 heavy (non-hydrogen) atoms. The largest absolute Gasteiger partial charge is 0.384 e. The molecule has 2 fully saturated rings. The fraction of sp³-hybridized carbons (Fsp3) is 0.476. The molecule has 2 atom stereocenters. The molecular weight excluding hydrogens is 314 g/mol. The first kappa shape index (κ1) is 16.6. The monoisotopic (exact) mass is 339 g/mol. The molecule has 0 saturated carbocycles. The van der Waals surface area contributed by atoms with Crippen molar-refractivity contribution >= 4 is 16.7 Å². The van der Waals surface area contributed by atoms with Crippen LogP contribution in [0.2, 0.25) is 0 Å². The van der Waals surface area contributed by atoms with Crippen molar-refractivity contribution in [2.24, 2.45) is 5.41 Å². The second-order valence-corrected chi connectivity index (χ2v) is 7.30. The van der Waals surface area contributed by atoms with Gasteiger partial charge in [-0.05, 0) is 36.1 Å². The number of nitrogens with zero attached hydrogens (tertiary/aromatic N) is 1. The van der Waals surface area contributed by atoms with Gasteiger partial charge in [0.2, 0.25) is 0 Å². The topological polar surface area (TPSA) is 38.8 Å². The number of benzene rings is 2. The molecule has 4 nitrogen and oxygen atoms in total. The number of rotatable bonds is 3. The van der Waals surface area contributed by atoms with E-state index in [9.17, 15) is 4.79 Å². The third-order valence-corrected chi connectivity index (χ3v) is 5.73. The normalized spacial score (nSPS) is 26.4. The standard InChI is InChI=1S/C21H25NO3/c1-24-15-21-11-5-13-25-19(21)10-12-22(14-21)20(23)18-9-4-7-16-6-2-3-8-17(16)18/h2-4,6-9,19H,5,10-15H2,1H3/t19-,21-/m0/s1.